The number of hydrogen-bond acceptors (Lipinski definition) is 3. The normalized spacial score (nSPS) is 19.7. The molecule has 0 spiro atoms. The molecule has 2 aliphatic carbocycles. The Labute approximate surface area is 121 Å². The van der Waals surface area contributed by atoms with Crippen LogP contribution in [0.2, 0.25) is 0 Å². The van der Waals surface area contributed by atoms with Crippen LogP contribution in [0.25, 0.3) is 0 Å². The molecule has 3 heteroatoms. The highest BCUT2D eigenvalue weighted by atomic mass is 16.5. The first kappa shape index (κ1) is 13.7. The van der Waals surface area contributed by atoms with E-state index in [0.29, 0.717) is 12.0 Å². The molecule has 0 bridgehead atoms. The van der Waals surface area contributed by atoms with Gasteiger partial charge in [-0.3, -0.25) is 0 Å². The lowest BCUT2D eigenvalue weighted by atomic mass is 10.0. The average molecular weight is 275 g/mol. The molecule has 1 aromatic carbocycles. The summed E-state index contributed by atoms with van der Waals surface area (Å²) >= 11 is 0. The molecule has 20 heavy (non-hydrogen) atoms. The van der Waals surface area contributed by atoms with E-state index >= 15 is 0 Å². The van der Waals surface area contributed by atoms with Crippen LogP contribution in [-0.4, -0.2) is 20.3 Å². The lowest BCUT2D eigenvalue weighted by Gasteiger charge is -2.16. The average Bonchev–Trinajstić information content (AvgIpc) is 3.32. The second kappa shape index (κ2) is 5.65. The molecule has 0 aliphatic heterocycles. The Balaban J connectivity index is 1.55. The Kier molecular flexibility index (Phi) is 3.88. The molecule has 0 radical (unpaired) electrons. The van der Waals surface area contributed by atoms with E-state index in [1.54, 1.807) is 7.11 Å². The summed E-state index contributed by atoms with van der Waals surface area (Å²) < 4.78 is 10.9. The predicted octanol–water partition coefficient (Wildman–Crippen LogP) is 3.37. The Bertz CT molecular complexity index is 464. The van der Waals surface area contributed by atoms with Crippen LogP contribution in [-0.2, 0) is 6.54 Å². The SMILES string of the molecule is CCOc1cc(CNCC2(C3CC3)CC2)ccc1OC. The topological polar surface area (TPSA) is 30.5 Å². The van der Waals surface area contributed by atoms with E-state index in [1.165, 1.54) is 37.8 Å². The van der Waals surface area contributed by atoms with E-state index in [2.05, 4.69) is 17.4 Å². The predicted molar refractivity (Wildman–Crippen MR) is 80.3 cm³/mol. The molecule has 1 aromatic rings. The van der Waals surface area contributed by atoms with Gasteiger partial charge < -0.3 is 14.8 Å². The molecule has 2 fully saturated rings. The number of hydrogen-bond donors (Lipinski definition) is 1. The highest BCUT2D eigenvalue weighted by Gasteiger charge is 2.53. The van der Waals surface area contributed by atoms with Gasteiger partial charge in [0, 0.05) is 13.1 Å². The molecular formula is C17H25NO2. The van der Waals surface area contributed by atoms with Gasteiger partial charge in [0.1, 0.15) is 0 Å². The van der Waals surface area contributed by atoms with Gasteiger partial charge in [-0.2, -0.15) is 0 Å². The zero-order valence-electron chi connectivity index (χ0n) is 12.6. The third-order valence-corrected chi connectivity index (χ3v) is 4.67. The molecule has 3 rings (SSSR count). The van der Waals surface area contributed by atoms with Gasteiger partial charge in [-0.15, -0.1) is 0 Å². The summed E-state index contributed by atoms with van der Waals surface area (Å²) in [5.74, 6) is 2.68. The van der Waals surface area contributed by atoms with Gasteiger partial charge in [-0.25, -0.2) is 0 Å². The largest absolute Gasteiger partial charge is 0.493 e. The first-order valence-corrected chi connectivity index (χ1v) is 7.78. The van der Waals surface area contributed by atoms with E-state index in [4.69, 9.17) is 9.47 Å². The van der Waals surface area contributed by atoms with Crippen molar-refractivity contribution in [3.63, 3.8) is 0 Å². The van der Waals surface area contributed by atoms with E-state index in [0.717, 1.165) is 24.0 Å². The van der Waals surface area contributed by atoms with Crippen molar-refractivity contribution in [2.45, 2.75) is 39.2 Å². The van der Waals surface area contributed by atoms with E-state index in [-0.39, 0.29) is 0 Å². The van der Waals surface area contributed by atoms with Crippen LogP contribution >= 0.6 is 0 Å². The zero-order chi connectivity index (χ0) is 14.0. The Hall–Kier alpha value is -1.22. The maximum atomic E-state index is 5.62. The highest BCUT2D eigenvalue weighted by molar-refractivity contribution is 5.42. The van der Waals surface area contributed by atoms with Gasteiger partial charge in [0.05, 0.1) is 13.7 Å². The first-order chi connectivity index (χ1) is 9.77. The fourth-order valence-electron chi connectivity index (χ4n) is 3.14. The molecule has 0 amide bonds. The Morgan fingerprint density at radius 1 is 1.25 bits per heavy atom. The summed E-state index contributed by atoms with van der Waals surface area (Å²) in [6.45, 7) is 4.75. The lowest BCUT2D eigenvalue weighted by molar-refractivity contribution is 0.310. The minimum atomic E-state index is 0.662. The summed E-state index contributed by atoms with van der Waals surface area (Å²) in [7, 11) is 1.68. The molecule has 0 atom stereocenters. The van der Waals surface area contributed by atoms with Gasteiger partial charge >= 0.3 is 0 Å². The minimum Gasteiger partial charge on any atom is -0.493 e. The molecular weight excluding hydrogens is 250 g/mol. The molecule has 0 aromatic heterocycles. The molecule has 2 saturated carbocycles. The quantitative estimate of drug-likeness (QED) is 0.789. The molecule has 0 saturated heterocycles. The highest BCUT2D eigenvalue weighted by Crippen LogP contribution is 2.60. The molecule has 2 aliphatic rings. The van der Waals surface area contributed by atoms with Gasteiger partial charge in [-0.05, 0) is 61.6 Å². The summed E-state index contributed by atoms with van der Waals surface area (Å²) in [5.41, 5.74) is 1.93. The van der Waals surface area contributed by atoms with Gasteiger partial charge in [0.25, 0.3) is 0 Å². The van der Waals surface area contributed by atoms with Crippen molar-refractivity contribution < 1.29 is 9.47 Å². The van der Waals surface area contributed by atoms with Crippen LogP contribution in [0.3, 0.4) is 0 Å². The van der Waals surface area contributed by atoms with Crippen LogP contribution in [0.5, 0.6) is 11.5 Å². The van der Waals surface area contributed by atoms with E-state index in [1.807, 2.05) is 13.0 Å². The van der Waals surface area contributed by atoms with E-state index < -0.39 is 0 Å². The fourth-order valence-corrected chi connectivity index (χ4v) is 3.14. The van der Waals surface area contributed by atoms with Crippen LogP contribution in [0.1, 0.15) is 38.2 Å². The maximum Gasteiger partial charge on any atom is 0.161 e. The number of ether oxygens (including phenoxy) is 2. The standard InChI is InChI=1S/C17H25NO2/c1-3-20-16-10-13(4-7-15(16)19-2)11-18-12-17(8-9-17)14-5-6-14/h4,7,10,14,18H,3,5-6,8-9,11-12H2,1-2H3. The number of nitrogens with one attached hydrogen (secondary N) is 1. The molecule has 110 valence electrons. The number of rotatable bonds is 8. The second-order valence-corrected chi connectivity index (χ2v) is 6.16. The van der Waals surface area contributed by atoms with Crippen LogP contribution in [0, 0.1) is 11.3 Å². The summed E-state index contributed by atoms with van der Waals surface area (Å²) in [6.07, 6.45) is 5.77. The van der Waals surface area contributed by atoms with Crippen LogP contribution < -0.4 is 14.8 Å². The summed E-state index contributed by atoms with van der Waals surface area (Å²) in [6, 6.07) is 6.20. The van der Waals surface area contributed by atoms with Gasteiger partial charge in [-0.1, -0.05) is 6.07 Å². The molecule has 0 heterocycles. The van der Waals surface area contributed by atoms with Crippen molar-refractivity contribution >= 4 is 0 Å². The van der Waals surface area contributed by atoms with Crippen molar-refractivity contribution in [3.05, 3.63) is 23.8 Å². The first-order valence-electron chi connectivity index (χ1n) is 7.78. The third-order valence-electron chi connectivity index (χ3n) is 4.67. The van der Waals surface area contributed by atoms with Gasteiger partial charge in [0.2, 0.25) is 0 Å². The molecule has 1 N–H and O–H groups in total. The van der Waals surface area contributed by atoms with Crippen LogP contribution in [0.4, 0.5) is 0 Å². The molecule has 3 nitrogen and oxygen atoms in total. The smallest absolute Gasteiger partial charge is 0.161 e. The minimum absolute atomic E-state index is 0.662. The Morgan fingerprint density at radius 3 is 2.65 bits per heavy atom. The van der Waals surface area contributed by atoms with Crippen LogP contribution in [0.15, 0.2) is 18.2 Å². The van der Waals surface area contributed by atoms with Crippen molar-refractivity contribution in [1.82, 2.24) is 5.32 Å². The van der Waals surface area contributed by atoms with Crippen molar-refractivity contribution in [2.75, 3.05) is 20.3 Å². The Morgan fingerprint density at radius 2 is 2.05 bits per heavy atom. The van der Waals surface area contributed by atoms with Crippen molar-refractivity contribution in [1.29, 1.82) is 0 Å². The summed E-state index contributed by atoms with van der Waals surface area (Å²) in [5, 5.41) is 3.64. The lowest BCUT2D eigenvalue weighted by Crippen LogP contribution is -2.25. The van der Waals surface area contributed by atoms with Crippen molar-refractivity contribution in [2.24, 2.45) is 11.3 Å². The zero-order valence-corrected chi connectivity index (χ0v) is 12.6. The maximum absolute atomic E-state index is 5.62. The molecule has 0 unspecified atom stereocenters. The van der Waals surface area contributed by atoms with Crippen molar-refractivity contribution in [3.8, 4) is 11.5 Å². The number of benzene rings is 1. The third kappa shape index (κ3) is 2.93. The number of methoxy groups -OCH3 is 1. The van der Waals surface area contributed by atoms with Gasteiger partial charge in [0.15, 0.2) is 11.5 Å². The second-order valence-electron chi connectivity index (χ2n) is 6.16. The van der Waals surface area contributed by atoms with E-state index in [9.17, 15) is 0 Å². The fraction of sp³-hybridized carbons (Fsp3) is 0.647. The monoisotopic (exact) mass is 275 g/mol. The summed E-state index contributed by atoms with van der Waals surface area (Å²) in [4.78, 5) is 0.